The summed E-state index contributed by atoms with van der Waals surface area (Å²) >= 11 is 0. The SMILES string of the molecule is CC1Cn2ncc(N3CC(C(=O)NN)CC3=O)c2CN1C(=O)OC(C)(C)C. The van der Waals surface area contributed by atoms with Crippen LogP contribution in [0.1, 0.15) is 39.8 Å². The van der Waals surface area contributed by atoms with E-state index in [1.807, 2.05) is 27.7 Å². The highest BCUT2D eigenvalue weighted by Gasteiger charge is 2.39. The predicted octanol–water partition coefficient (Wildman–Crippen LogP) is 0.365. The molecule has 148 valence electrons. The first kappa shape index (κ1) is 19.2. The summed E-state index contributed by atoms with van der Waals surface area (Å²) in [5, 5.41) is 4.36. The van der Waals surface area contributed by atoms with Crippen LogP contribution in [0, 0.1) is 5.92 Å². The summed E-state index contributed by atoms with van der Waals surface area (Å²) in [6.07, 6.45) is 1.31. The molecule has 0 aromatic carbocycles. The molecule has 1 aromatic rings. The summed E-state index contributed by atoms with van der Waals surface area (Å²) in [5.74, 6) is 4.16. The molecule has 2 atom stereocenters. The quantitative estimate of drug-likeness (QED) is 0.435. The summed E-state index contributed by atoms with van der Waals surface area (Å²) in [5.41, 5.74) is 2.87. The maximum Gasteiger partial charge on any atom is 0.410 e. The highest BCUT2D eigenvalue weighted by Crippen LogP contribution is 2.32. The van der Waals surface area contributed by atoms with Crippen molar-refractivity contribution in [3.8, 4) is 0 Å². The van der Waals surface area contributed by atoms with E-state index < -0.39 is 17.6 Å². The number of hydrogen-bond acceptors (Lipinski definition) is 6. The number of fused-ring (bicyclic) bond motifs is 1. The highest BCUT2D eigenvalue weighted by molar-refractivity contribution is 6.00. The van der Waals surface area contributed by atoms with E-state index in [1.54, 1.807) is 20.7 Å². The Morgan fingerprint density at radius 3 is 2.67 bits per heavy atom. The molecule has 1 aromatic heterocycles. The van der Waals surface area contributed by atoms with Crippen molar-refractivity contribution in [2.45, 2.75) is 58.8 Å². The Kier molecular flexibility index (Phi) is 4.85. The van der Waals surface area contributed by atoms with Gasteiger partial charge in [0, 0.05) is 13.0 Å². The van der Waals surface area contributed by atoms with Gasteiger partial charge in [0.05, 0.1) is 42.6 Å². The Bertz CT molecular complexity index is 768. The van der Waals surface area contributed by atoms with Gasteiger partial charge >= 0.3 is 6.09 Å². The molecule has 0 saturated carbocycles. The number of anilines is 1. The predicted molar refractivity (Wildman–Crippen MR) is 96.3 cm³/mol. The second-order valence-corrected chi connectivity index (χ2v) is 8.03. The number of ether oxygens (including phenoxy) is 1. The van der Waals surface area contributed by atoms with Gasteiger partial charge in [0.1, 0.15) is 5.60 Å². The molecular weight excluding hydrogens is 352 g/mol. The van der Waals surface area contributed by atoms with Crippen LogP contribution in [-0.4, -0.2) is 50.8 Å². The molecule has 2 unspecified atom stereocenters. The normalized spacial score (nSPS) is 22.6. The van der Waals surface area contributed by atoms with Crippen LogP contribution >= 0.6 is 0 Å². The van der Waals surface area contributed by atoms with Gasteiger partial charge in [-0.3, -0.25) is 24.6 Å². The summed E-state index contributed by atoms with van der Waals surface area (Å²) in [6.45, 7) is 8.41. The lowest BCUT2D eigenvalue weighted by Gasteiger charge is -2.36. The van der Waals surface area contributed by atoms with E-state index in [9.17, 15) is 14.4 Å². The average Bonchev–Trinajstić information content (AvgIpc) is 3.14. The third-order valence-corrected chi connectivity index (χ3v) is 4.77. The maximum absolute atomic E-state index is 12.6. The molecule has 1 saturated heterocycles. The summed E-state index contributed by atoms with van der Waals surface area (Å²) in [7, 11) is 0. The Morgan fingerprint density at radius 1 is 1.33 bits per heavy atom. The van der Waals surface area contributed by atoms with Crippen molar-refractivity contribution in [3.05, 3.63) is 11.9 Å². The van der Waals surface area contributed by atoms with Crippen LogP contribution in [0.2, 0.25) is 0 Å². The van der Waals surface area contributed by atoms with E-state index >= 15 is 0 Å². The second-order valence-electron chi connectivity index (χ2n) is 8.03. The zero-order valence-electron chi connectivity index (χ0n) is 16.1. The molecule has 2 aliphatic heterocycles. The fraction of sp³-hybridized carbons (Fsp3) is 0.647. The largest absolute Gasteiger partial charge is 0.444 e. The van der Waals surface area contributed by atoms with E-state index in [2.05, 4.69) is 10.5 Å². The van der Waals surface area contributed by atoms with Crippen LogP contribution < -0.4 is 16.2 Å². The van der Waals surface area contributed by atoms with Crippen molar-refractivity contribution in [1.82, 2.24) is 20.1 Å². The Labute approximate surface area is 157 Å². The molecule has 3 amide bonds. The van der Waals surface area contributed by atoms with Gasteiger partial charge in [0.15, 0.2) is 0 Å². The monoisotopic (exact) mass is 378 g/mol. The van der Waals surface area contributed by atoms with Crippen LogP contribution in [-0.2, 0) is 27.4 Å². The number of rotatable bonds is 2. The van der Waals surface area contributed by atoms with Gasteiger partial charge < -0.3 is 9.64 Å². The van der Waals surface area contributed by atoms with Gasteiger partial charge in [-0.1, -0.05) is 0 Å². The molecule has 0 bridgehead atoms. The standard InChI is InChI=1S/C17H26N6O4/c1-10-7-23-13(9-21(10)16(26)27-17(2,3)4)12(6-19-23)22-8-11(5-14(22)24)15(25)20-18/h6,10-11H,5,7-9,18H2,1-4H3,(H,20,25). The number of nitrogens with one attached hydrogen (secondary N) is 1. The number of hydrogen-bond donors (Lipinski definition) is 2. The minimum Gasteiger partial charge on any atom is -0.444 e. The van der Waals surface area contributed by atoms with Crippen LogP contribution in [0.4, 0.5) is 10.5 Å². The van der Waals surface area contributed by atoms with Crippen LogP contribution in [0.25, 0.3) is 0 Å². The number of nitrogens with zero attached hydrogens (tertiary/aromatic N) is 4. The first-order chi connectivity index (χ1) is 12.6. The smallest absolute Gasteiger partial charge is 0.410 e. The van der Waals surface area contributed by atoms with Crippen LogP contribution in [0.3, 0.4) is 0 Å². The van der Waals surface area contributed by atoms with Crippen molar-refractivity contribution in [2.24, 2.45) is 11.8 Å². The molecule has 0 aliphatic carbocycles. The molecule has 0 spiro atoms. The van der Waals surface area contributed by atoms with E-state index in [1.165, 1.54) is 0 Å². The second kappa shape index (κ2) is 6.84. The molecule has 10 heteroatoms. The topological polar surface area (TPSA) is 123 Å². The number of nitrogens with two attached hydrogens (primary N) is 1. The first-order valence-corrected chi connectivity index (χ1v) is 8.96. The average molecular weight is 378 g/mol. The van der Waals surface area contributed by atoms with Gasteiger partial charge in [-0.05, 0) is 27.7 Å². The van der Waals surface area contributed by atoms with E-state index in [-0.39, 0.29) is 37.4 Å². The third kappa shape index (κ3) is 3.75. The van der Waals surface area contributed by atoms with Crippen molar-refractivity contribution < 1.29 is 19.1 Å². The number of hydrazine groups is 1. The van der Waals surface area contributed by atoms with Crippen molar-refractivity contribution in [3.63, 3.8) is 0 Å². The van der Waals surface area contributed by atoms with Crippen LogP contribution in [0.5, 0.6) is 0 Å². The van der Waals surface area contributed by atoms with Gasteiger partial charge in [0.25, 0.3) is 0 Å². The van der Waals surface area contributed by atoms with Gasteiger partial charge in [-0.15, -0.1) is 0 Å². The van der Waals surface area contributed by atoms with Crippen molar-refractivity contribution in [1.29, 1.82) is 0 Å². The van der Waals surface area contributed by atoms with Crippen LogP contribution in [0.15, 0.2) is 6.20 Å². The molecule has 2 aliphatic rings. The molecule has 1 fully saturated rings. The molecular formula is C17H26N6O4. The van der Waals surface area contributed by atoms with Gasteiger partial charge in [-0.25, -0.2) is 10.6 Å². The molecule has 3 heterocycles. The number of aromatic nitrogens is 2. The number of amides is 3. The minimum atomic E-state index is -0.592. The lowest BCUT2D eigenvalue weighted by atomic mass is 10.1. The molecule has 3 rings (SSSR count). The summed E-state index contributed by atoms with van der Waals surface area (Å²) in [4.78, 5) is 39.9. The van der Waals surface area contributed by atoms with Gasteiger partial charge in [0.2, 0.25) is 11.8 Å². The molecule has 0 radical (unpaired) electrons. The first-order valence-electron chi connectivity index (χ1n) is 8.96. The van der Waals surface area contributed by atoms with E-state index in [0.29, 0.717) is 12.2 Å². The Morgan fingerprint density at radius 2 is 2.04 bits per heavy atom. The zero-order valence-corrected chi connectivity index (χ0v) is 16.1. The molecule has 27 heavy (non-hydrogen) atoms. The van der Waals surface area contributed by atoms with E-state index in [0.717, 1.165) is 5.69 Å². The lowest BCUT2D eigenvalue weighted by Crippen LogP contribution is -2.47. The Balaban J connectivity index is 1.82. The number of carbonyl (C=O) groups excluding carboxylic acids is 3. The Hall–Kier alpha value is -2.62. The third-order valence-electron chi connectivity index (χ3n) is 4.77. The fourth-order valence-corrected chi connectivity index (χ4v) is 3.41. The van der Waals surface area contributed by atoms with Gasteiger partial charge in [-0.2, -0.15) is 5.10 Å². The highest BCUT2D eigenvalue weighted by atomic mass is 16.6. The fourth-order valence-electron chi connectivity index (χ4n) is 3.41. The van der Waals surface area contributed by atoms with E-state index in [4.69, 9.17) is 10.6 Å². The number of carbonyl (C=O) groups is 3. The minimum absolute atomic E-state index is 0.0925. The van der Waals surface area contributed by atoms with Crippen molar-refractivity contribution in [2.75, 3.05) is 11.4 Å². The zero-order chi connectivity index (χ0) is 19.9. The molecule has 10 nitrogen and oxygen atoms in total. The lowest BCUT2D eigenvalue weighted by molar-refractivity contribution is -0.126. The maximum atomic E-state index is 12.6. The molecule has 3 N–H and O–H groups in total. The van der Waals surface area contributed by atoms with Crippen molar-refractivity contribution >= 4 is 23.6 Å². The summed E-state index contributed by atoms with van der Waals surface area (Å²) in [6, 6.07) is -0.0925. The summed E-state index contributed by atoms with van der Waals surface area (Å²) < 4.78 is 7.29.